The van der Waals surface area contributed by atoms with Crippen molar-refractivity contribution < 1.29 is 10.2 Å². The Morgan fingerprint density at radius 3 is 2.60 bits per heavy atom. The summed E-state index contributed by atoms with van der Waals surface area (Å²) in [5.41, 5.74) is 2.29. The summed E-state index contributed by atoms with van der Waals surface area (Å²) in [4.78, 5) is 4.34. The van der Waals surface area contributed by atoms with E-state index in [1.807, 2.05) is 0 Å². The van der Waals surface area contributed by atoms with Gasteiger partial charge in [-0.25, -0.2) is 0 Å². The van der Waals surface area contributed by atoms with Gasteiger partial charge in [0.2, 0.25) is 0 Å². The Balaban J connectivity index is 2.26. The van der Waals surface area contributed by atoms with E-state index in [0.29, 0.717) is 14.9 Å². The van der Waals surface area contributed by atoms with Gasteiger partial charge in [-0.05, 0) is 51.8 Å². The molecular weight excluding hydrogens is 342 g/mol. The smallest absolute Gasteiger partial charge is 0.129 e. The van der Waals surface area contributed by atoms with Crippen LogP contribution in [0.2, 0.25) is 5.02 Å². The Bertz CT molecular complexity index is 820. The zero-order valence-electron chi connectivity index (χ0n) is 10.1. The highest BCUT2D eigenvalue weighted by Gasteiger charge is 2.11. The highest BCUT2D eigenvalue weighted by molar-refractivity contribution is 9.10. The van der Waals surface area contributed by atoms with Crippen molar-refractivity contribution in [1.82, 2.24) is 4.98 Å². The van der Waals surface area contributed by atoms with E-state index in [-0.39, 0.29) is 11.5 Å². The van der Waals surface area contributed by atoms with Crippen LogP contribution < -0.4 is 0 Å². The Labute approximate surface area is 128 Å². The number of phenols is 2. The first kappa shape index (κ1) is 13.2. The molecule has 0 saturated heterocycles. The van der Waals surface area contributed by atoms with E-state index < -0.39 is 0 Å². The number of pyridine rings is 1. The van der Waals surface area contributed by atoms with Crippen LogP contribution in [0.3, 0.4) is 0 Å². The summed E-state index contributed by atoms with van der Waals surface area (Å²) in [6, 6.07) is 9.99. The van der Waals surface area contributed by atoms with Gasteiger partial charge in [-0.3, -0.25) is 4.98 Å². The molecule has 2 aromatic carbocycles. The molecule has 3 rings (SSSR count). The Morgan fingerprint density at radius 1 is 1.05 bits per heavy atom. The highest BCUT2D eigenvalue weighted by atomic mass is 79.9. The van der Waals surface area contributed by atoms with Crippen molar-refractivity contribution in [2.45, 2.75) is 0 Å². The van der Waals surface area contributed by atoms with Crippen LogP contribution in [0.1, 0.15) is 0 Å². The van der Waals surface area contributed by atoms with Crippen LogP contribution in [-0.2, 0) is 0 Å². The minimum Gasteiger partial charge on any atom is -0.508 e. The fourth-order valence-corrected chi connectivity index (χ4v) is 2.71. The van der Waals surface area contributed by atoms with Crippen molar-refractivity contribution in [1.29, 1.82) is 0 Å². The maximum absolute atomic E-state index is 9.57. The quantitative estimate of drug-likeness (QED) is 0.667. The number of benzene rings is 2. The third-order valence-corrected chi connectivity index (χ3v) is 4.09. The normalized spacial score (nSPS) is 10.9. The first-order valence-electron chi connectivity index (χ1n) is 5.82. The molecule has 0 radical (unpaired) electrons. The van der Waals surface area contributed by atoms with E-state index in [2.05, 4.69) is 20.9 Å². The molecule has 0 bridgehead atoms. The molecule has 0 aliphatic carbocycles. The van der Waals surface area contributed by atoms with Crippen LogP contribution in [0.4, 0.5) is 0 Å². The Morgan fingerprint density at radius 2 is 1.85 bits per heavy atom. The van der Waals surface area contributed by atoms with Gasteiger partial charge in [0.05, 0.1) is 15.0 Å². The molecule has 5 heteroatoms. The molecule has 1 heterocycles. The fraction of sp³-hybridized carbons (Fsp3) is 0. The predicted octanol–water partition coefficient (Wildman–Crippen LogP) is 4.73. The predicted molar refractivity (Wildman–Crippen MR) is 83.2 cm³/mol. The molecule has 0 spiro atoms. The number of aromatic nitrogens is 1. The molecule has 0 aliphatic heterocycles. The van der Waals surface area contributed by atoms with E-state index in [4.69, 9.17) is 11.6 Å². The van der Waals surface area contributed by atoms with Gasteiger partial charge in [-0.2, -0.15) is 0 Å². The molecule has 1 aromatic heterocycles. The molecule has 2 N–H and O–H groups in total. The largest absolute Gasteiger partial charge is 0.508 e. The molecule has 0 saturated carbocycles. The molecule has 20 heavy (non-hydrogen) atoms. The van der Waals surface area contributed by atoms with Crippen molar-refractivity contribution in [3.63, 3.8) is 0 Å². The zero-order valence-corrected chi connectivity index (χ0v) is 12.5. The molecule has 0 atom stereocenters. The number of hydrogen-bond acceptors (Lipinski definition) is 3. The van der Waals surface area contributed by atoms with E-state index >= 15 is 0 Å². The lowest BCUT2D eigenvalue weighted by atomic mass is 10.0. The second-order valence-corrected chi connectivity index (χ2v) is 5.59. The van der Waals surface area contributed by atoms with Crippen LogP contribution in [-0.4, -0.2) is 15.2 Å². The van der Waals surface area contributed by atoms with Gasteiger partial charge >= 0.3 is 0 Å². The molecule has 0 unspecified atom stereocenters. The molecule has 0 amide bonds. The topological polar surface area (TPSA) is 53.4 Å². The van der Waals surface area contributed by atoms with Crippen LogP contribution in [0.25, 0.3) is 22.0 Å². The van der Waals surface area contributed by atoms with Crippen molar-refractivity contribution in [3.8, 4) is 22.6 Å². The minimum atomic E-state index is 0.144. The first-order valence-corrected chi connectivity index (χ1v) is 6.99. The summed E-state index contributed by atoms with van der Waals surface area (Å²) in [5, 5.41) is 20.3. The van der Waals surface area contributed by atoms with Crippen LogP contribution in [0.5, 0.6) is 11.5 Å². The van der Waals surface area contributed by atoms with E-state index in [0.717, 1.165) is 16.6 Å². The van der Waals surface area contributed by atoms with Crippen LogP contribution >= 0.6 is 27.5 Å². The van der Waals surface area contributed by atoms with Crippen molar-refractivity contribution in [2.75, 3.05) is 0 Å². The fourth-order valence-electron chi connectivity index (χ4n) is 2.02. The van der Waals surface area contributed by atoms with Gasteiger partial charge in [0.25, 0.3) is 0 Å². The second kappa shape index (κ2) is 4.96. The number of nitrogens with zero attached hydrogens (tertiary/aromatic N) is 1. The van der Waals surface area contributed by atoms with Crippen molar-refractivity contribution >= 4 is 38.4 Å². The monoisotopic (exact) mass is 349 g/mol. The van der Waals surface area contributed by atoms with Crippen LogP contribution in [0, 0.1) is 0 Å². The van der Waals surface area contributed by atoms with E-state index in [9.17, 15) is 10.2 Å². The summed E-state index contributed by atoms with van der Waals surface area (Å²) in [5.74, 6) is 0.307. The highest BCUT2D eigenvalue weighted by Crippen LogP contribution is 2.37. The van der Waals surface area contributed by atoms with Gasteiger partial charge in [0, 0.05) is 17.1 Å². The standard InChI is InChI=1S/C15H9BrClNO2/c16-12-5-8(1-4-14(12)20)11-7-18-13-3-2-9(19)6-10(13)15(11)17/h1-7,19-20H. The molecule has 3 nitrogen and oxygen atoms in total. The van der Waals surface area contributed by atoms with Gasteiger partial charge in [0.1, 0.15) is 11.5 Å². The van der Waals surface area contributed by atoms with E-state index in [1.54, 1.807) is 42.6 Å². The van der Waals surface area contributed by atoms with Crippen molar-refractivity contribution in [2.24, 2.45) is 0 Å². The Hall–Kier alpha value is -1.78. The number of fused-ring (bicyclic) bond motifs is 1. The number of halogens is 2. The van der Waals surface area contributed by atoms with E-state index in [1.165, 1.54) is 0 Å². The first-order chi connectivity index (χ1) is 9.56. The zero-order chi connectivity index (χ0) is 14.3. The maximum Gasteiger partial charge on any atom is 0.129 e. The Kier molecular flexibility index (Phi) is 3.28. The second-order valence-electron chi connectivity index (χ2n) is 4.35. The summed E-state index contributed by atoms with van der Waals surface area (Å²) in [6.07, 6.45) is 1.68. The lowest BCUT2D eigenvalue weighted by molar-refractivity contribution is 0.472. The van der Waals surface area contributed by atoms with Gasteiger partial charge < -0.3 is 10.2 Å². The average molecular weight is 351 g/mol. The van der Waals surface area contributed by atoms with Crippen molar-refractivity contribution in [3.05, 3.63) is 52.1 Å². The average Bonchev–Trinajstić information content (AvgIpc) is 2.43. The maximum atomic E-state index is 9.57. The molecule has 0 fully saturated rings. The number of phenolic OH excluding ortho intramolecular Hbond substituents is 2. The number of hydrogen-bond donors (Lipinski definition) is 2. The lowest BCUT2D eigenvalue weighted by Gasteiger charge is -2.09. The summed E-state index contributed by atoms with van der Waals surface area (Å²) < 4.78 is 0.585. The lowest BCUT2D eigenvalue weighted by Crippen LogP contribution is -1.86. The third kappa shape index (κ3) is 2.21. The molecule has 3 aromatic rings. The van der Waals surface area contributed by atoms with Crippen LogP contribution in [0.15, 0.2) is 47.1 Å². The molecule has 100 valence electrons. The van der Waals surface area contributed by atoms with Gasteiger partial charge in [-0.1, -0.05) is 17.7 Å². The summed E-state index contributed by atoms with van der Waals surface area (Å²) in [6.45, 7) is 0. The summed E-state index contributed by atoms with van der Waals surface area (Å²) >= 11 is 9.69. The number of aromatic hydroxyl groups is 2. The minimum absolute atomic E-state index is 0.144. The molecule has 0 aliphatic rings. The van der Waals surface area contributed by atoms with Gasteiger partial charge in [0.15, 0.2) is 0 Å². The number of rotatable bonds is 1. The van der Waals surface area contributed by atoms with Gasteiger partial charge in [-0.15, -0.1) is 0 Å². The SMILES string of the molecule is Oc1ccc2ncc(-c3ccc(O)c(Br)c3)c(Cl)c2c1. The summed E-state index contributed by atoms with van der Waals surface area (Å²) in [7, 11) is 0. The molecular formula is C15H9BrClNO2. The third-order valence-electron chi connectivity index (χ3n) is 3.04.